The highest BCUT2D eigenvalue weighted by molar-refractivity contribution is 5.48. The minimum absolute atomic E-state index is 0.0825. The van der Waals surface area contributed by atoms with Crippen molar-refractivity contribution < 1.29 is 17.9 Å². The van der Waals surface area contributed by atoms with Crippen LogP contribution in [0.3, 0.4) is 0 Å². The summed E-state index contributed by atoms with van der Waals surface area (Å²) in [6.45, 7) is 3.62. The minimum atomic E-state index is -0.518. The van der Waals surface area contributed by atoms with Gasteiger partial charge in [-0.2, -0.15) is 0 Å². The smallest absolute Gasteiger partial charge is 0.238 e. The second-order valence-corrected chi connectivity index (χ2v) is 5.59. The number of anilines is 1. The lowest BCUT2D eigenvalue weighted by Gasteiger charge is -2.13. The molecule has 2 aromatic carbocycles. The van der Waals surface area contributed by atoms with Crippen LogP contribution in [0.1, 0.15) is 30.3 Å². The molecule has 0 unspecified atom stereocenters. The molecule has 0 saturated carbocycles. The molecule has 3 aromatic rings. The molecule has 0 spiro atoms. The first-order chi connectivity index (χ1) is 12.0. The Balaban J connectivity index is 1.64. The Kier molecular flexibility index (Phi) is 4.92. The van der Waals surface area contributed by atoms with Crippen LogP contribution in [0.5, 0.6) is 5.75 Å². The second kappa shape index (κ2) is 7.29. The number of aryl methyl sites for hydroxylation is 1. The van der Waals surface area contributed by atoms with E-state index in [1.807, 2.05) is 6.92 Å². The van der Waals surface area contributed by atoms with Gasteiger partial charge in [0.2, 0.25) is 11.8 Å². The van der Waals surface area contributed by atoms with Crippen LogP contribution in [-0.4, -0.2) is 10.2 Å². The molecule has 1 atom stereocenters. The quantitative estimate of drug-likeness (QED) is 0.717. The molecule has 1 heterocycles. The molecular weight excluding hydrogens is 328 g/mol. The molecule has 0 aliphatic rings. The fraction of sp³-hybridized carbons (Fsp3) is 0.222. The Hall–Kier alpha value is -2.96. The van der Waals surface area contributed by atoms with Crippen molar-refractivity contribution in [3.05, 3.63) is 71.4 Å². The number of halogens is 2. The number of aromatic nitrogens is 2. The molecule has 130 valence electrons. The van der Waals surface area contributed by atoms with Gasteiger partial charge in [-0.05, 0) is 36.8 Å². The predicted octanol–water partition coefficient (Wildman–Crippen LogP) is 4.41. The molecule has 0 bridgehead atoms. The molecule has 0 aliphatic heterocycles. The van der Waals surface area contributed by atoms with Gasteiger partial charge in [0.25, 0.3) is 0 Å². The third-order valence-electron chi connectivity index (χ3n) is 3.51. The highest BCUT2D eigenvalue weighted by Gasteiger charge is 2.13. The molecular formula is C18H17F2N3O2. The lowest BCUT2D eigenvalue weighted by Crippen LogP contribution is -2.07. The maximum atomic E-state index is 14.2. The van der Waals surface area contributed by atoms with Gasteiger partial charge in [0, 0.05) is 18.7 Å². The Morgan fingerprint density at radius 3 is 2.68 bits per heavy atom. The van der Waals surface area contributed by atoms with Crippen molar-refractivity contribution in [3.63, 3.8) is 0 Å². The number of hydrogen-bond acceptors (Lipinski definition) is 5. The van der Waals surface area contributed by atoms with Crippen LogP contribution < -0.4 is 10.1 Å². The second-order valence-electron chi connectivity index (χ2n) is 5.59. The third kappa shape index (κ3) is 4.32. The summed E-state index contributed by atoms with van der Waals surface area (Å²) in [5.74, 6) is 0.109. The van der Waals surface area contributed by atoms with Crippen LogP contribution in [0.15, 0.2) is 46.9 Å². The van der Waals surface area contributed by atoms with E-state index in [1.165, 1.54) is 24.3 Å². The van der Waals surface area contributed by atoms with Crippen molar-refractivity contribution in [3.8, 4) is 5.75 Å². The molecule has 0 fully saturated rings. The summed E-state index contributed by atoms with van der Waals surface area (Å²) in [5, 5.41) is 10.8. The number of ether oxygens (including phenoxy) is 1. The van der Waals surface area contributed by atoms with Crippen molar-refractivity contribution in [2.24, 2.45) is 0 Å². The maximum absolute atomic E-state index is 14.2. The summed E-state index contributed by atoms with van der Waals surface area (Å²) in [4.78, 5) is 0. The lowest BCUT2D eigenvalue weighted by atomic mass is 10.2. The Morgan fingerprint density at radius 1 is 1.16 bits per heavy atom. The van der Waals surface area contributed by atoms with E-state index in [1.54, 1.807) is 25.1 Å². The van der Waals surface area contributed by atoms with Gasteiger partial charge in [-0.1, -0.05) is 12.1 Å². The topological polar surface area (TPSA) is 60.2 Å². The molecule has 5 nitrogen and oxygen atoms in total. The molecule has 25 heavy (non-hydrogen) atoms. The minimum Gasteiger partial charge on any atom is -0.486 e. The average Bonchev–Trinajstić information content (AvgIpc) is 3.01. The van der Waals surface area contributed by atoms with E-state index in [-0.39, 0.29) is 24.2 Å². The van der Waals surface area contributed by atoms with Gasteiger partial charge in [-0.15, -0.1) is 10.2 Å². The number of nitrogens with zero attached hydrogens (tertiary/aromatic N) is 2. The van der Waals surface area contributed by atoms with Gasteiger partial charge in [0.1, 0.15) is 18.5 Å². The van der Waals surface area contributed by atoms with Crippen LogP contribution in [0.2, 0.25) is 0 Å². The highest BCUT2D eigenvalue weighted by Crippen LogP contribution is 2.25. The van der Waals surface area contributed by atoms with Crippen molar-refractivity contribution in [1.82, 2.24) is 10.2 Å². The number of rotatable bonds is 6. The van der Waals surface area contributed by atoms with E-state index < -0.39 is 5.82 Å². The van der Waals surface area contributed by atoms with E-state index in [0.29, 0.717) is 23.0 Å². The monoisotopic (exact) mass is 345 g/mol. The zero-order valence-electron chi connectivity index (χ0n) is 13.8. The van der Waals surface area contributed by atoms with Crippen molar-refractivity contribution in [2.45, 2.75) is 26.5 Å². The van der Waals surface area contributed by atoms with Gasteiger partial charge in [-0.3, -0.25) is 0 Å². The van der Waals surface area contributed by atoms with Crippen LogP contribution in [0.4, 0.5) is 14.5 Å². The summed E-state index contributed by atoms with van der Waals surface area (Å²) in [6.07, 6.45) is 0. The predicted molar refractivity (Wildman–Crippen MR) is 88.2 cm³/mol. The van der Waals surface area contributed by atoms with Crippen molar-refractivity contribution >= 4 is 5.69 Å². The normalized spacial score (nSPS) is 12.0. The standard InChI is InChI=1S/C18H17F2N3O2/c1-11(18-23-22-12(2)25-18)21-15-6-7-17(16(20)9-15)24-10-13-4-3-5-14(19)8-13/h3-9,11,21H,10H2,1-2H3/t11-/m0/s1. The molecule has 1 aromatic heterocycles. The number of benzene rings is 2. The Bertz CT molecular complexity index is 867. The molecule has 0 amide bonds. The summed E-state index contributed by atoms with van der Waals surface area (Å²) in [7, 11) is 0. The van der Waals surface area contributed by atoms with Gasteiger partial charge in [-0.25, -0.2) is 8.78 Å². The Morgan fingerprint density at radius 2 is 2.00 bits per heavy atom. The maximum Gasteiger partial charge on any atom is 0.238 e. The van der Waals surface area contributed by atoms with E-state index >= 15 is 0 Å². The first-order valence-corrected chi connectivity index (χ1v) is 7.74. The van der Waals surface area contributed by atoms with Crippen LogP contribution in [0, 0.1) is 18.6 Å². The molecule has 3 rings (SSSR count). The lowest BCUT2D eigenvalue weighted by molar-refractivity contribution is 0.290. The molecule has 7 heteroatoms. The third-order valence-corrected chi connectivity index (χ3v) is 3.51. The largest absolute Gasteiger partial charge is 0.486 e. The zero-order valence-corrected chi connectivity index (χ0v) is 13.8. The first-order valence-electron chi connectivity index (χ1n) is 7.74. The fourth-order valence-corrected chi connectivity index (χ4v) is 2.29. The average molecular weight is 345 g/mol. The highest BCUT2D eigenvalue weighted by atomic mass is 19.1. The zero-order chi connectivity index (χ0) is 17.8. The summed E-state index contributed by atoms with van der Waals surface area (Å²) in [5.41, 5.74) is 1.18. The Labute approximate surface area is 143 Å². The summed E-state index contributed by atoms with van der Waals surface area (Å²) < 4.78 is 38.1. The fourth-order valence-electron chi connectivity index (χ4n) is 2.29. The van der Waals surface area contributed by atoms with Crippen molar-refractivity contribution in [2.75, 3.05) is 5.32 Å². The van der Waals surface area contributed by atoms with Crippen LogP contribution in [0.25, 0.3) is 0 Å². The van der Waals surface area contributed by atoms with Gasteiger partial charge < -0.3 is 14.5 Å². The van der Waals surface area contributed by atoms with E-state index in [4.69, 9.17) is 9.15 Å². The van der Waals surface area contributed by atoms with Crippen LogP contribution >= 0.6 is 0 Å². The van der Waals surface area contributed by atoms with Gasteiger partial charge >= 0.3 is 0 Å². The van der Waals surface area contributed by atoms with E-state index in [2.05, 4.69) is 15.5 Å². The molecule has 1 N–H and O–H groups in total. The van der Waals surface area contributed by atoms with Crippen molar-refractivity contribution in [1.29, 1.82) is 0 Å². The molecule has 0 radical (unpaired) electrons. The van der Waals surface area contributed by atoms with E-state index in [9.17, 15) is 8.78 Å². The number of nitrogens with one attached hydrogen (secondary N) is 1. The SMILES string of the molecule is Cc1nnc([C@H](C)Nc2ccc(OCc3cccc(F)c3)c(F)c2)o1. The van der Waals surface area contributed by atoms with Crippen LogP contribution in [-0.2, 0) is 6.61 Å². The van der Waals surface area contributed by atoms with Gasteiger partial charge in [0.15, 0.2) is 11.6 Å². The summed E-state index contributed by atoms with van der Waals surface area (Å²) >= 11 is 0. The van der Waals surface area contributed by atoms with E-state index in [0.717, 1.165) is 0 Å². The first kappa shape index (κ1) is 16.9. The molecule has 0 saturated heterocycles. The number of hydrogen-bond donors (Lipinski definition) is 1. The summed E-state index contributed by atoms with van der Waals surface area (Å²) in [6, 6.07) is 10.2. The molecule has 0 aliphatic carbocycles. The van der Waals surface area contributed by atoms with Gasteiger partial charge in [0.05, 0.1) is 0 Å².